The van der Waals surface area contributed by atoms with E-state index in [9.17, 15) is 14.4 Å². The number of benzene rings is 1. The molecule has 1 saturated heterocycles. The van der Waals surface area contributed by atoms with Crippen LogP contribution in [0, 0.1) is 0 Å². The van der Waals surface area contributed by atoms with Crippen molar-refractivity contribution in [3.63, 3.8) is 0 Å². The number of ether oxygens (including phenoxy) is 1. The Hall–Kier alpha value is -3.22. The average Bonchev–Trinajstić information content (AvgIpc) is 2.88. The highest BCUT2D eigenvalue weighted by Gasteiger charge is 2.31. The van der Waals surface area contributed by atoms with Crippen molar-refractivity contribution in [2.75, 3.05) is 6.54 Å². The molecule has 1 unspecified atom stereocenters. The van der Waals surface area contributed by atoms with E-state index in [2.05, 4.69) is 10.3 Å². The third-order valence-electron chi connectivity index (χ3n) is 4.29. The van der Waals surface area contributed by atoms with Crippen LogP contribution in [0.5, 0.6) is 0 Å². The number of nitrogens with zero attached hydrogens (tertiary/aromatic N) is 2. The molecule has 0 spiro atoms. The molecule has 2 heterocycles. The zero-order valence-corrected chi connectivity index (χ0v) is 14.8. The smallest absolute Gasteiger partial charge is 0.411 e. The van der Waals surface area contributed by atoms with E-state index in [0.717, 1.165) is 5.56 Å². The molecule has 27 heavy (non-hydrogen) atoms. The quantitative estimate of drug-likeness (QED) is 0.897. The van der Waals surface area contributed by atoms with Crippen molar-refractivity contribution >= 4 is 17.8 Å². The fraction of sp³-hybridized carbons (Fsp3) is 0.300. The highest BCUT2D eigenvalue weighted by Crippen LogP contribution is 2.15. The van der Waals surface area contributed by atoms with Crippen LogP contribution in [0.1, 0.15) is 35.3 Å². The van der Waals surface area contributed by atoms with Crippen LogP contribution in [0.2, 0.25) is 0 Å². The zero-order valence-electron chi connectivity index (χ0n) is 14.8. The molecule has 1 aromatic carbocycles. The molecule has 1 aliphatic rings. The average molecular weight is 367 g/mol. The third-order valence-corrected chi connectivity index (χ3v) is 4.29. The summed E-state index contributed by atoms with van der Waals surface area (Å²) in [5, 5.41) is 2.74. The first-order chi connectivity index (χ1) is 13.1. The van der Waals surface area contributed by atoms with E-state index in [1.807, 2.05) is 30.3 Å². The topological polar surface area (TPSA) is 88.6 Å². The molecule has 0 saturated carbocycles. The van der Waals surface area contributed by atoms with Crippen LogP contribution in [0.3, 0.4) is 0 Å². The SMILES string of the molecule is O=C1CCCN(C(=O)OCc2ccccc2)C(NC(=O)c2ccccn2)C1. The Balaban J connectivity index is 1.68. The van der Waals surface area contributed by atoms with Gasteiger partial charge in [0.2, 0.25) is 0 Å². The molecule has 7 nitrogen and oxygen atoms in total. The maximum absolute atomic E-state index is 12.6. The van der Waals surface area contributed by atoms with Crippen LogP contribution >= 0.6 is 0 Å². The summed E-state index contributed by atoms with van der Waals surface area (Å²) in [6.45, 7) is 0.470. The van der Waals surface area contributed by atoms with Gasteiger partial charge in [-0.1, -0.05) is 36.4 Å². The number of pyridine rings is 1. The normalized spacial score (nSPS) is 17.1. The van der Waals surface area contributed by atoms with Gasteiger partial charge in [-0.05, 0) is 24.1 Å². The van der Waals surface area contributed by atoms with Crippen molar-refractivity contribution in [3.8, 4) is 0 Å². The van der Waals surface area contributed by atoms with Crippen LogP contribution in [0.4, 0.5) is 4.79 Å². The number of hydrogen-bond acceptors (Lipinski definition) is 5. The Labute approximate surface area is 157 Å². The van der Waals surface area contributed by atoms with Crippen molar-refractivity contribution in [3.05, 3.63) is 66.0 Å². The molecule has 3 rings (SSSR count). The molecule has 1 aromatic heterocycles. The minimum Gasteiger partial charge on any atom is -0.444 e. The fourth-order valence-electron chi connectivity index (χ4n) is 2.90. The molecule has 1 fully saturated rings. The van der Waals surface area contributed by atoms with Crippen LogP contribution in [-0.2, 0) is 16.1 Å². The van der Waals surface area contributed by atoms with Crippen molar-refractivity contribution in [1.29, 1.82) is 0 Å². The lowest BCUT2D eigenvalue weighted by Crippen LogP contribution is -2.51. The highest BCUT2D eigenvalue weighted by atomic mass is 16.6. The van der Waals surface area contributed by atoms with Gasteiger partial charge >= 0.3 is 6.09 Å². The summed E-state index contributed by atoms with van der Waals surface area (Å²) in [4.78, 5) is 42.4. The van der Waals surface area contributed by atoms with Crippen molar-refractivity contribution in [2.45, 2.75) is 32.0 Å². The first-order valence-corrected chi connectivity index (χ1v) is 8.84. The predicted molar refractivity (Wildman–Crippen MR) is 97.7 cm³/mol. The van der Waals surface area contributed by atoms with Crippen LogP contribution in [0.15, 0.2) is 54.7 Å². The molecule has 2 amide bonds. The van der Waals surface area contributed by atoms with Crippen LogP contribution in [-0.4, -0.2) is 40.4 Å². The molecule has 1 atom stereocenters. The van der Waals surface area contributed by atoms with Gasteiger partial charge in [0, 0.05) is 25.6 Å². The maximum Gasteiger partial charge on any atom is 0.411 e. The van der Waals surface area contributed by atoms with E-state index in [1.165, 1.54) is 11.1 Å². The molecule has 1 aliphatic heterocycles. The number of carbonyl (C=O) groups is 3. The molecule has 2 aromatic rings. The van der Waals surface area contributed by atoms with E-state index in [-0.39, 0.29) is 24.5 Å². The molecule has 7 heteroatoms. The number of aromatic nitrogens is 1. The predicted octanol–water partition coefficient (Wildman–Crippen LogP) is 2.53. The molecule has 0 radical (unpaired) electrons. The summed E-state index contributed by atoms with van der Waals surface area (Å²) < 4.78 is 5.38. The Bertz CT molecular complexity index is 795. The molecule has 0 bridgehead atoms. The van der Waals surface area contributed by atoms with E-state index in [4.69, 9.17) is 4.74 Å². The van der Waals surface area contributed by atoms with Gasteiger partial charge in [0.15, 0.2) is 0 Å². The number of carbonyl (C=O) groups excluding carboxylic acids is 3. The number of rotatable bonds is 4. The van der Waals surface area contributed by atoms with Gasteiger partial charge in [-0.15, -0.1) is 0 Å². The lowest BCUT2D eigenvalue weighted by Gasteiger charge is -2.29. The van der Waals surface area contributed by atoms with Crippen molar-refractivity contribution in [2.24, 2.45) is 0 Å². The summed E-state index contributed by atoms with van der Waals surface area (Å²) in [6, 6.07) is 14.3. The van der Waals surface area contributed by atoms with Gasteiger partial charge in [-0.25, -0.2) is 4.79 Å². The van der Waals surface area contributed by atoms with Crippen molar-refractivity contribution in [1.82, 2.24) is 15.2 Å². The monoisotopic (exact) mass is 367 g/mol. The molecule has 140 valence electrons. The third kappa shape index (κ3) is 5.13. The first-order valence-electron chi connectivity index (χ1n) is 8.84. The molecule has 1 N–H and O–H groups in total. The fourth-order valence-corrected chi connectivity index (χ4v) is 2.90. The van der Waals surface area contributed by atoms with E-state index >= 15 is 0 Å². The lowest BCUT2D eigenvalue weighted by atomic mass is 10.2. The Kier molecular flexibility index (Phi) is 6.14. The van der Waals surface area contributed by atoms with Crippen LogP contribution < -0.4 is 5.32 Å². The van der Waals surface area contributed by atoms with Gasteiger partial charge in [0.25, 0.3) is 5.91 Å². The van der Waals surface area contributed by atoms with E-state index in [0.29, 0.717) is 19.4 Å². The van der Waals surface area contributed by atoms with Gasteiger partial charge in [-0.3, -0.25) is 19.5 Å². The number of hydrogen-bond donors (Lipinski definition) is 1. The second-order valence-electron chi connectivity index (χ2n) is 6.28. The Morgan fingerprint density at radius 1 is 1.15 bits per heavy atom. The zero-order chi connectivity index (χ0) is 19.1. The van der Waals surface area contributed by atoms with Gasteiger partial charge in [0.05, 0.1) is 0 Å². The van der Waals surface area contributed by atoms with Gasteiger partial charge in [-0.2, -0.15) is 0 Å². The minimum atomic E-state index is -0.752. The molecule has 0 aliphatic carbocycles. The highest BCUT2D eigenvalue weighted by molar-refractivity contribution is 5.93. The maximum atomic E-state index is 12.6. The second-order valence-corrected chi connectivity index (χ2v) is 6.28. The Morgan fingerprint density at radius 2 is 1.93 bits per heavy atom. The largest absolute Gasteiger partial charge is 0.444 e. The number of nitrogens with one attached hydrogen (secondary N) is 1. The molecular formula is C20H21N3O4. The second kappa shape index (κ2) is 8.93. The molecular weight excluding hydrogens is 346 g/mol. The standard InChI is InChI=1S/C20H21N3O4/c24-16-9-6-12-23(20(26)27-14-15-7-2-1-3-8-15)18(13-16)22-19(25)17-10-4-5-11-21-17/h1-5,7-8,10-11,18H,6,9,12-14H2,(H,22,25). The summed E-state index contributed by atoms with van der Waals surface area (Å²) in [5.41, 5.74) is 1.10. The summed E-state index contributed by atoms with van der Waals surface area (Å²) >= 11 is 0. The number of ketones is 1. The van der Waals surface area contributed by atoms with Crippen molar-refractivity contribution < 1.29 is 19.1 Å². The first kappa shape index (κ1) is 18.6. The number of amides is 2. The van der Waals surface area contributed by atoms with Gasteiger partial charge in [0.1, 0.15) is 24.2 Å². The Morgan fingerprint density at radius 3 is 2.67 bits per heavy atom. The summed E-state index contributed by atoms with van der Waals surface area (Å²) in [6.07, 6.45) is 1.17. The summed E-state index contributed by atoms with van der Waals surface area (Å²) in [5.74, 6) is -0.434. The van der Waals surface area contributed by atoms with E-state index < -0.39 is 18.2 Å². The van der Waals surface area contributed by atoms with E-state index in [1.54, 1.807) is 18.2 Å². The number of Topliss-reactive ketones (excluding diaryl/α,β-unsaturated/α-hetero) is 1. The minimum absolute atomic E-state index is 0.000296. The van der Waals surface area contributed by atoms with Gasteiger partial charge < -0.3 is 10.1 Å². The van der Waals surface area contributed by atoms with Crippen LogP contribution in [0.25, 0.3) is 0 Å². The summed E-state index contributed by atoms with van der Waals surface area (Å²) in [7, 11) is 0. The lowest BCUT2D eigenvalue weighted by molar-refractivity contribution is -0.119. The number of likely N-dealkylation sites (tertiary alicyclic amines) is 1.